The maximum Gasteiger partial charge on any atom is 0.132 e. The standard InChI is InChI=1S/C8H12N2/c1-4-8-9-5-6-10(8)7(2)3/h4-7H,1H2,2-3H3. The van der Waals surface area contributed by atoms with Crippen LogP contribution in [0, 0.1) is 0 Å². The number of imidazole rings is 1. The summed E-state index contributed by atoms with van der Waals surface area (Å²) in [5.74, 6) is 0.940. The molecule has 0 fully saturated rings. The van der Waals surface area contributed by atoms with E-state index in [2.05, 4.69) is 30.0 Å². The van der Waals surface area contributed by atoms with Crippen molar-refractivity contribution in [1.82, 2.24) is 9.55 Å². The van der Waals surface area contributed by atoms with Crippen molar-refractivity contribution in [2.24, 2.45) is 0 Å². The molecule has 0 aliphatic heterocycles. The summed E-state index contributed by atoms with van der Waals surface area (Å²) in [4.78, 5) is 4.10. The minimum absolute atomic E-state index is 0.468. The van der Waals surface area contributed by atoms with E-state index in [-0.39, 0.29) is 0 Å². The maximum absolute atomic E-state index is 4.10. The molecule has 0 unspecified atom stereocenters. The molecule has 0 amide bonds. The van der Waals surface area contributed by atoms with Crippen molar-refractivity contribution in [3.8, 4) is 0 Å². The van der Waals surface area contributed by atoms with E-state index in [1.54, 1.807) is 12.3 Å². The first-order chi connectivity index (χ1) is 4.75. The quantitative estimate of drug-likeness (QED) is 0.608. The Bertz CT molecular complexity index is 223. The van der Waals surface area contributed by atoms with Crippen molar-refractivity contribution >= 4 is 6.08 Å². The van der Waals surface area contributed by atoms with Gasteiger partial charge in [-0.3, -0.25) is 0 Å². The van der Waals surface area contributed by atoms with Crippen molar-refractivity contribution in [1.29, 1.82) is 0 Å². The van der Waals surface area contributed by atoms with Crippen LogP contribution in [-0.4, -0.2) is 9.55 Å². The van der Waals surface area contributed by atoms with E-state index in [1.165, 1.54) is 0 Å². The topological polar surface area (TPSA) is 17.8 Å². The SMILES string of the molecule is C=Cc1nccn1C(C)C. The predicted octanol–water partition coefficient (Wildman–Crippen LogP) is 2.11. The van der Waals surface area contributed by atoms with Crippen LogP contribution in [0.25, 0.3) is 6.08 Å². The largest absolute Gasteiger partial charge is 0.329 e. The van der Waals surface area contributed by atoms with E-state index >= 15 is 0 Å². The molecule has 0 bridgehead atoms. The predicted molar refractivity (Wildman–Crippen MR) is 42.7 cm³/mol. The number of rotatable bonds is 2. The van der Waals surface area contributed by atoms with Crippen LogP contribution >= 0.6 is 0 Å². The van der Waals surface area contributed by atoms with Crippen LogP contribution in [0.3, 0.4) is 0 Å². The molecule has 0 N–H and O–H groups in total. The summed E-state index contributed by atoms with van der Waals surface area (Å²) in [7, 11) is 0. The first-order valence-electron chi connectivity index (χ1n) is 3.41. The van der Waals surface area contributed by atoms with E-state index in [1.807, 2.05) is 6.20 Å². The van der Waals surface area contributed by atoms with E-state index < -0.39 is 0 Å². The molecule has 2 heteroatoms. The zero-order valence-electron chi connectivity index (χ0n) is 6.41. The van der Waals surface area contributed by atoms with Crippen LogP contribution in [-0.2, 0) is 0 Å². The molecule has 10 heavy (non-hydrogen) atoms. The molecule has 0 atom stereocenters. The summed E-state index contributed by atoms with van der Waals surface area (Å²) in [5, 5.41) is 0. The summed E-state index contributed by atoms with van der Waals surface area (Å²) in [6, 6.07) is 0.468. The van der Waals surface area contributed by atoms with Crippen molar-refractivity contribution in [2.75, 3.05) is 0 Å². The lowest BCUT2D eigenvalue weighted by molar-refractivity contribution is 0.595. The number of nitrogens with zero attached hydrogens (tertiary/aromatic N) is 2. The maximum atomic E-state index is 4.10. The summed E-state index contributed by atoms with van der Waals surface area (Å²) >= 11 is 0. The lowest BCUT2D eigenvalue weighted by atomic mass is 10.4. The van der Waals surface area contributed by atoms with Crippen LogP contribution in [0.1, 0.15) is 25.7 Å². The summed E-state index contributed by atoms with van der Waals surface area (Å²) in [5.41, 5.74) is 0. The molecule has 0 aliphatic rings. The van der Waals surface area contributed by atoms with Gasteiger partial charge >= 0.3 is 0 Å². The van der Waals surface area contributed by atoms with Gasteiger partial charge in [0.15, 0.2) is 0 Å². The molecule has 1 heterocycles. The molecule has 1 aromatic rings. The van der Waals surface area contributed by atoms with E-state index in [4.69, 9.17) is 0 Å². The van der Waals surface area contributed by atoms with Gasteiger partial charge in [0.05, 0.1) is 0 Å². The molecule has 0 spiro atoms. The average molecular weight is 136 g/mol. The summed E-state index contributed by atoms with van der Waals surface area (Å²) < 4.78 is 2.08. The van der Waals surface area contributed by atoms with Crippen molar-refractivity contribution in [3.05, 3.63) is 24.8 Å². The lowest BCUT2D eigenvalue weighted by Gasteiger charge is -2.07. The second-order valence-electron chi connectivity index (χ2n) is 2.49. The van der Waals surface area contributed by atoms with Crippen LogP contribution in [0.2, 0.25) is 0 Å². The van der Waals surface area contributed by atoms with Gasteiger partial charge in [-0.2, -0.15) is 0 Å². The van der Waals surface area contributed by atoms with Crippen molar-refractivity contribution in [2.45, 2.75) is 19.9 Å². The van der Waals surface area contributed by atoms with Gasteiger partial charge in [-0.25, -0.2) is 4.98 Å². The zero-order chi connectivity index (χ0) is 7.56. The third-order valence-electron chi connectivity index (χ3n) is 1.44. The molecule has 2 nitrogen and oxygen atoms in total. The Hall–Kier alpha value is -1.05. The normalized spacial score (nSPS) is 10.3. The Balaban J connectivity index is 3.01. The van der Waals surface area contributed by atoms with Crippen LogP contribution in [0.4, 0.5) is 0 Å². The average Bonchev–Trinajstić information content (AvgIpc) is 2.33. The lowest BCUT2D eigenvalue weighted by Crippen LogP contribution is -2.00. The third kappa shape index (κ3) is 1.10. The molecule has 0 saturated heterocycles. The Morgan fingerprint density at radius 1 is 1.70 bits per heavy atom. The second-order valence-corrected chi connectivity index (χ2v) is 2.49. The van der Waals surface area contributed by atoms with Crippen LogP contribution < -0.4 is 0 Å². The van der Waals surface area contributed by atoms with Crippen molar-refractivity contribution < 1.29 is 0 Å². The van der Waals surface area contributed by atoms with Gasteiger partial charge in [0.1, 0.15) is 5.82 Å². The minimum Gasteiger partial charge on any atom is -0.329 e. The van der Waals surface area contributed by atoms with Gasteiger partial charge in [0, 0.05) is 18.4 Å². The minimum atomic E-state index is 0.468. The molecular formula is C8H12N2. The molecule has 0 saturated carbocycles. The summed E-state index contributed by atoms with van der Waals surface area (Å²) in [6.45, 7) is 7.90. The van der Waals surface area contributed by atoms with E-state index in [9.17, 15) is 0 Å². The Kier molecular flexibility index (Phi) is 1.90. The smallest absolute Gasteiger partial charge is 0.132 e. The van der Waals surface area contributed by atoms with Gasteiger partial charge < -0.3 is 4.57 Å². The first kappa shape index (κ1) is 7.06. The zero-order valence-corrected chi connectivity index (χ0v) is 6.41. The van der Waals surface area contributed by atoms with Gasteiger partial charge in [-0.15, -0.1) is 0 Å². The van der Waals surface area contributed by atoms with Crippen molar-refractivity contribution in [3.63, 3.8) is 0 Å². The van der Waals surface area contributed by atoms with Crippen LogP contribution in [0.5, 0.6) is 0 Å². The molecule has 0 radical (unpaired) electrons. The highest BCUT2D eigenvalue weighted by Gasteiger charge is 1.99. The summed E-state index contributed by atoms with van der Waals surface area (Å²) in [6.07, 6.45) is 5.51. The van der Waals surface area contributed by atoms with Gasteiger partial charge in [0.25, 0.3) is 0 Å². The highest BCUT2D eigenvalue weighted by atomic mass is 15.1. The highest BCUT2D eigenvalue weighted by Crippen LogP contribution is 2.07. The molecule has 0 aromatic carbocycles. The molecule has 1 rings (SSSR count). The number of hydrogen-bond acceptors (Lipinski definition) is 1. The van der Waals surface area contributed by atoms with E-state index in [0.717, 1.165) is 5.82 Å². The Labute approximate surface area is 61.2 Å². The van der Waals surface area contributed by atoms with Crippen LogP contribution in [0.15, 0.2) is 19.0 Å². The molecule has 1 aromatic heterocycles. The first-order valence-corrected chi connectivity index (χ1v) is 3.41. The molecular weight excluding hydrogens is 124 g/mol. The van der Waals surface area contributed by atoms with Gasteiger partial charge in [-0.1, -0.05) is 6.58 Å². The highest BCUT2D eigenvalue weighted by molar-refractivity contribution is 5.36. The fourth-order valence-electron chi connectivity index (χ4n) is 0.919. The van der Waals surface area contributed by atoms with Gasteiger partial charge in [-0.05, 0) is 19.9 Å². The fourth-order valence-corrected chi connectivity index (χ4v) is 0.919. The monoisotopic (exact) mass is 136 g/mol. The molecule has 54 valence electrons. The Morgan fingerprint density at radius 2 is 2.40 bits per heavy atom. The van der Waals surface area contributed by atoms with E-state index in [0.29, 0.717) is 6.04 Å². The number of hydrogen-bond donors (Lipinski definition) is 0. The number of aromatic nitrogens is 2. The fraction of sp³-hybridized carbons (Fsp3) is 0.375. The van der Waals surface area contributed by atoms with Gasteiger partial charge in [0.2, 0.25) is 0 Å². The Morgan fingerprint density at radius 3 is 2.80 bits per heavy atom. The second kappa shape index (κ2) is 2.69. The molecule has 0 aliphatic carbocycles. The third-order valence-corrected chi connectivity index (χ3v) is 1.44.